The number of carbonyl (C=O) groups excluding carboxylic acids is 1. The molecule has 1 aliphatic rings. The van der Waals surface area contributed by atoms with E-state index in [2.05, 4.69) is 0 Å². The van der Waals surface area contributed by atoms with Gasteiger partial charge in [-0.3, -0.25) is 0 Å². The van der Waals surface area contributed by atoms with Crippen molar-refractivity contribution < 1.29 is 23.4 Å². The summed E-state index contributed by atoms with van der Waals surface area (Å²) in [6.45, 7) is 0.986. The Bertz CT molecular complexity index is 997. The predicted octanol–water partition coefficient (Wildman–Crippen LogP) is 5.08. The lowest BCUT2D eigenvalue weighted by Crippen LogP contribution is -2.16. The van der Waals surface area contributed by atoms with Crippen LogP contribution < -0.4 is 9.47 Å². The van der Waals surface area contributed by atoms with Gasteiger partial charge in [-0.15, -0.1) is 0 Å². The molecule has 0 aliphatic carbocycles. The Kier molecular flexibility index (Phi) is 5.18. The van der Waals surface area contributed by atoms with Crippen molar-refractivity contribution in [2.75, 3.05) is 19.5 Å². The van der Waals surface area contributed by atoms with Crippen molar-refractivity contribution in [1.29, 1.82) is 0 Å². The van der Waals surface area contributed by atoms with Crippen molar-refractivity contribution in [2.45, 2.75) is 12.4 Å². The van der Waals surface area contributed by atoms with Gasteiger partial charge in [0, 0.05) is 16.7 Å². The molecule has 0 saturated heterocycles. The van der Waals surface area contributed by atoms with Gasteiger partial charge in [-0.2, -0.15) is 11.8 Å². The lowest BCUT2D eigenvalue weighted by Gasteiger charge is -2.20. The third-order valence-electron chi connectivity index (χ3n) is 4.20. The van der Waals surface area contributed by atoms with Crippen LogP contribution in [-0.2, 0) is 17.1 Å². The van der Waals surface area contributed by atoms with Gasteiger partial charge in [-0.1, -0.05) is 29.8 Å². The lowest BCUT2D eigenvalue weighted by atomic mass is 10.1. The highest BCUT2D eigenvalue weighted by molar-refractivity contribution is 7.97. The van der Waals surface area contributed by atoms with Gasteiger partial charge in [-0.25, -0.2) is 4.79 Å². The molecule has 5 nitrogen and oxygen atoms in total. The second-order valence-electron chi connectivity index (χ2n) is 6.02. The molecule has 1 aromatic heterocycles. The maximum absolute atomic E-state index is 12.6. The van der Waals surface area contributed by atoms with Crippen LogP contribution in [0, 0.1) is 0 Å². The summed E-state index contributed by atoms with van der Waals surface area (Å²) in [5, 5.41) is 1.37. The highest BCUT2D eigenvalue weighted by Crippen LogP contribution is 2.38. The van der Waals surface area contributed by atoms with Gasteiger partial charge >= 0.3 is 5.97 Å². The number of furan rings is 1. The molecule has 0 bridgehead atoms. The van der Waals surface area contributed by atoms with Gasteiger partial charge in [0.05, 0.1) is 5.02 Å². The first kappa shape index (κ1) is 18.1. The fourth-order valence-corrected chi connectivity index (χ4v) is 3.88. The van der Waals surface area contributed by atoms with Gasteiger partial charge in [-0.05, 0) is 30.0 Å². The van der Waals surface area contributed by atoms with E-state index in [4.69, 9.17) is 30.2 Å². The Morgan fingerprint density at radius 2 is 2.04 bits per heavy atom. The van der Waals surface area contributed by atoms with Crippen LogP contribution >= 0.6 is 23.4 Å². The van der Waals surface area contributed by atoms with Crippen LogP contribution in [0.4, 0.5) is 0 Å². The first-order valence-electron chi connectivity index (χ1n) is 8.42. The summed E-state index contributed by atoms with van der Waals surface area (Å²) in [5.41, 5.74) is 2.25. The van der Waals surface area contributed by atoms with Crippen LogP contribution in [0.3, 0.4) is 0 Å². The van der Waals surface area contributed by atoms with Crippen molar-refractivity contribution in [3.8, 4) is 11.5 Å². The predicted molar refractivity (Wildman–Crippen MR) is 105 cm³/mol. The number of ether oxygens (including phenoxy) is 3. The SMILES string of the molecule is CSCc1c(C(=O)OCc2cc(Cl)c3c(c2)OCCO3)oc2ccccc12. The highest BCUT2D eigenvalue weighted by Gasteiger charge is 2.22. The molecule has 0 unspecified atom stereocenters. The Morgan fingerprint density at radius 1 is 1.22 bits per heavy atom. The maximum atomic E-state index is 12.6. The summed E-state index contributed by atoms with van der Waals surface area (Å²) in [6.07, 6.45) is 1.98. The zero-order valence-corrected chi connectivity index (χ0v) is 16.2. The summed E-state index contributed by atoms with van der Waals surface area (Å²) >= 11 is 7.85. The molecule has 0 N–H and O–H groups in total. The molecule has 3 aromatic rings. The summed E-state index contributed by atoms with van der Waals surface area (Å²) < 4.78 is 22.3. The number of esters is 1. The van der Waals surface area contributed by atoms with E-state index in [1.165, 1.54) is 0 Å². The van der Waals surface area contributed by atoms with Gasteiger partial charge in [0.1, 0.15) is 25.4 Å². The van der Waals surface area contributed by atoms with E-state index in [1.807, 2.05) is 30.5 Å². The Morgan fingerprint density at radius 3 is 2.89 bits per heavy atom. The van der Waals surface area contributed by atoms with E-state index >= 15 is 0 Å². The van der Waals surface area contributed by atoms with Crippen LogP contribution in [0.2, 0.25) is 5.02 Å². The zero-order valence-electron chi connectivity index (χ0n) is 14.6. The molecule has 0 atom stereocenters. The zero-order chi connectivity index (χ0) is 18.8. The van der Waals surface area contributed by atoms with Crippen LogP contribution in [0.1, 0.15) is 21.7 Å². The fraction of sp³-hybridized carbons (Fsp3) is 0.250. The van der Waals surface area contributed by atoms with E-state index < -0.39 is 5.97 Å². The van der Waals surface area contributed by atoms with Gasteiger partial charge in [0.2, 0.25) is 5.76 Å². The number of halogens is 1. The second-order valence-corrected chi connectivity index (χ2v) is 7.29. The molecule has 27 heavy (non-hydrogen) atoms. The number of fused-ring (bicyclic) bond motifs is 2. The minimum absolute atomic E-state index is 0.0605. The van der Waals surface area contributed by atoms with Gasteiger partial charge < -0.3 is 18.6 Å². The number of rotatable bonds is 5. The smallest absolute Gasteiger partial charge is 0.374 e. The molecule has 4 rings (SSSR count). The second kappa shape index (κ2) is 7.74. The van der Waals surface area contributed by atoms with E-state index in [1.54, 1.807) is 23.9 Å². The number of benzene rings is 2. The average molecular weight is 405 g/mol. The summed E-state index contributed by atoms with van der Waals surface area (Å²) in [5.74, 6) is 1.50. The molecule has 2 heterocycles. The van der Waals surface area contributed by atoms with Crippen LogP contribution in [0.5, 0.6) is 11.5 Å². The van der Waals surface area contributed by atoms with Crippen molar-refractivity contribution in [3.63, 3.8) is 0 Å². The molecule has 2 aromatic carbocycles. The van der Waals surface area contributed by atoms with Crippen LogP contribution in [0.15, 0.2) is 40.8 Å². The molecule has 0 spiro atoms. The normalized spacial score (nSPS) is 13.0. The van der Waals surface area contributed by atoms with Crippen molar-refractivity contribution in [3.05, 3.63) is 58.3 Å². The first-order chi connectivity index (χ1) is 13.2. The van der Waals surface area contributed by atoms with Crippen molar-refractivity contribution >= 4 is 40.3 Å². The van der Waals surface area contributed by atoms with Gasteiger partial charge in [0.15, 0.2) is 11.5 Å². The molecule has 0 fully saturated rings. The van der Waals surface area contributed by atoms with Crippen LogP contribution in [0.25, 0.3) is 11.0 Å². The number of hydrogen-bond donors (Lipinski definition) is 0. The minimum atomic E-state index is -0.499. The fourth-order valence-electron chi connectivity index (χ4n) is 3.01. The minimum Gasteiger partial charge on any atom is -0.486 e. The largest absolute Gasteiger partial charge is 0.486 e. The number of thioether (sulfide) groups is 1. The van der Waals surface area contributed by atoms with E-state index in [-0.39, 0.29) is 12.4 Å². The molecule has 0 radical (unpaired) electrons. The summed E-state index contributed by atoms with van der Waals surface area (Å²) in [6, 6.07) is 11.1. The third kappa shape index (κ3) is 3.59. The summed E-state index contributed by atoms with van der Waals surface area (Å²) in [4.78, 5) is 12.6. The number of carbonyl (C=O) groups is 1. The molecule has 7 heteroatoms. The number of para-hydroxylation sites is 1. The van der Waals surface area contributed by atoms with Crippen LogP contribution in [-0.4, -0.2) is 25.4 Å². The average Bonchev–Trinajstić information content (AvgIpc) is 3.05. The summed E-state index contributed by atoms with van der Waals surface area (Å²) in [7, 11) is 0. The Labute approximate surface area is 165 Å². The molecular weight excluding hydrogens is 388 g/mol. The molecule has 140 valence electrons. The monoisotopic (exact) mass is 404 g/mol. The molecule has 0 amide bonds. The maximum Gasteiger partial charge on any atom is 0.374 e. The quantitative estimate of drug-likeness (QED) is 0.553. The van der Waals surface area contributed by atoms with Crippen molar-refractivity contribution in [1.82, 2.24) is 0 Å². The van der Waals surface area contributed by atoms with Gasteiger partial charge in [0.25, 0.3) is 0 Å². The Hall–Kier alpha value is -2.31. The Balaban J connectivity index is 1.56. The first-order valence-corrected chi connectivity index (χ1v) is 10.2. The highest BCUT2D eigenvalue weighted by atomic mass is 35.5. The van der Waals surface area contributed by atoms with Crippen molar-refractivity contribution in [2.24, 2.45) is 0 Å². The van der Waals surface area contributed by atoms with E-state index in [9.17, 15) is 4.79 Å². The lowest BCUT2D eigenvalue weighted by molar-refractivity contribution is 0.0436. The topological polar surface area (TPSA) is 57.9 Å². The van der Waals surface area contributed by atoms with E-state index in [0.717, 1.165) is 16.5 Å². The third-order valence-corrected chi connectivity index (χ3v) is 5.06. The van der Waals surface area contributed by atoms with E-state index in [0.29, 0.717) is 41.1 Å². The standard InChI is InChI=1S/C20H17ClO5S/c1-27-11-14-13-4-2-3-5-16(13)26-18(14)20(22)25-10-12-8-15(21)19-17(9-12)23-6-7-24-19/h2-5,8-9H,6-7,10-11H2,1H3. The molecular formula is C20H17ClO5S. The molecule has 1 aliphatic heterocycles. The molecule has 0 saturated carbocycles. The number of hydrogen-bond acceptors (Lipinski definition) is 6.